The van der Waals surface area contributed by atoms with Crippen LogP contribution in [0.1, 0.15) is 18.5 Å². The normalized spacial score (nSPS) is 12.2. The molecule has 0 amide bonds. The number of hydrogen-bond acceptors (Lipinski definition) is 1. The minimum atomic E-state index is -0.384. The summed E-state index contributed by atoms with van der Waals surface area (Å²) in [6.07, 6.45) is 0. The van der Waals surface area contributed by atoms with Gasteiger partial charge in [0.1, 0.15) is 5.82 Å². The second kappa shape index (κ2) is 5.89. The van der Waals surface area contributed by atoms with E-state index in [0.29, 0.717) is 0 Å². The fraction of sp³-hybridized carbons (Fsp3) is 0.143. The number of rotatable bonds is 3. The lowest BCUT2D eigenvalue weighted by atomic mass is 10.1. The Kier molecular flexibility index (Phi) is 4.45. The van der Waals surface area contributed by atoms with Crippen molar-refractivity contribution >= 4 is 39.9 Å². The van der Waals surface area contributed by atoms with Gasteiger partial charge in [0.15, 0.2) is 0 Å². The third kappa shape index (κ3) is 3.36. The van der Waals surface area contributed by atoms with Crippen LogP contribution in [-0.2, 0) is 0 Å². The highest BCUT2D eigenvalue weighted by Crippen LogP contribution is 2.23. The van der Waals surface area contributed by atoms with Gasteiger partial charge in [0.05, 0.1) is 5.02 Å². The number of hydrogen-bond donors (Lipinski definition) is 1. The van der Waals surface area contributed by atoms with Crippen molar-refractivity contribution in [2.24, 2.45) is 0 Å². The van der Waals surface area contributed by atoms with E-state index < -0.39 is 0 Å². The van der Waals surface area contributed by atoms with Gasteiger partial charge in [0.25, 0.3) is 0 Å². The predicted molar refractivity (Wildman–Crippen MR) is 82.6 cm³/mol. The van der Waals surface area contributed by atoms with Crippen LogP contribution in [0.25, 0.3) is 0 Å². The molecule has 0 bridgehead atoms. The van der Waals surface area contributed by atoms with Crippen molar-refractivity contribution < 1.29 is 4.39 Å². The van der Waals surface area contributed by atoms with Crippen LogP contribution >= 0.6 is 34.2 Å². The van der Waals surface area contributed by atoms with Gasteiger partial charge in [-0.05, 0) is 71.5 Å². The second-order valence-corrected chi connectivity index (χ2v) is 5.70. The first-order valence-electron chi connectivity index (χ1n) is 5.53. The van der Waals surface area contributed by atoms with Gasteiger partial charge in [0, 0.05) is 15.3 Å². The molecule has 0 aliphatic carbocycles. The summed E-state index contributed by atoms with van der Waals surface area (Å²) in [7, 11) is 0. The number of halogens is 3. The molecule has 1 atom stereocenters. The van der Waals surface area contributed by atoms with Crippen LogP contribution in [0.3, 0.4) is 0 Å². The third-order valence-electron chi connectivity index (χ3n) is 2.67. The van der Waals surface area contributed by atoms with E-state index in [9.17, 15) is 4.39 Å². The van der Waals surface area contributed by atoms with Crippen LogP contribution in [0.2, 0.25) is 5.02 Å². The summed E-state index contributed by atoms with van der Waals surface area (Å²) < 4.78 is 14.6. The average molecular weight is 376 g/mol. The fourth-order valence-corrected chi connectivity index (χ4v) is 2.14. The maximum atomic E-state index is 13.4. The van der Waals surface area contributed by atoms with Crippen molar-refractivity contribution in [3.05, 3.63) is 62.4 Å². The number of anilines is 1. The molecular formula is C14H12ClFIN. The lowest BCUT2D eigenvalue weighted by Crippen LogP contribution is -2.06. The Bertz CT molecular complexity index is 542. The van der Waals surface area contributed by atoms with Crippen molar-refractivity contribution in [3.63, 3.8) is 0 Å². The SMILES string of the molecule is CC(Nc1ccc(I)cc1)c1ccc(Cl)c(F)c1. The molecule has 2 aromatic carbocycles. The Hall–Kier alpha value is -0.810. The molecule has 2 aromatic rings. The highest BCUT2D eigenvalue weighted by atomic mass is 127. The summed E-state index contributed by atoms with van der Waals surface area (Å²) in [5.74, 6) is -0.384. The first-order valence-corrected chi connectivity index (χ1v) is 6.99. The molecule has 1 N–H and O–H groups in total. The molecule has 2 rings (SSSR count). The van der Waals surface area contributed by atoms with Crippen LogP contribution in [0.15, 0.2) is 42.5 Å². The Labute approximate surface area is 124 Å². The van der Waals surface area contributed by atoms with E-state index in [-0.39, 0.29) is 16.9 Å². The van der Waals surface area contributed by atoms with Crippen LogP contribution in [0.4, 0.5) is 10.1 Å². The molecule has 0 fully saturated rings. The van der Waals surface area contributed by atoms with Crippen LogP contribution in [0.5, 0.6) is 0 Å². The van der Waals surface area contributed by atoms with Crippen molar-refractivity contribution in [2.45, 2.75) is 13.0 Å². The van der Waals surface area contributed by atoms with Crippen molar-refractivity contribution in [2.75, 3.05) is 5.32 Å². The van der Waals surface area contributed by atoms with E-state index in [1.807, 2.05) is 37.3 Å². The second-order valence-electron chi connectivity index (χ2n) is 4.05. The molecule has 0 saturated heterocycles. The molecule has 0 heterocycles. The van der Waals surface area contributed by atoms with Crippen molar-refractivity contribution in [1.82, 2.24) is 0 Å². The molecule has 0 spiro atoms. The molecule has 94 valence electrons. The molecule has 0 radical (unpaired) electrons. The summed E-state index contributed by atoms with van der Waals surface area (Å²) in [5, 5.41) is 3.47. The van der Waals surface area contributed by atoms with Gasteiger partial charge >= 0.3 is 0 Å². The maximum absolute atomic E-state index is 13.4. The highest BCUT2D eigenvalue weighted by molar-refractivity contribution is 14.1. The van der Waals surface area contributed by atoms with Gasteiger partial charge in [-0.3, -0.25) is 0 Å². The Morgan fingerprint density at radius 2 is 1.83 bits per heavy atom. The summed E-state index contributed by atoms with van der Waals surface area (Å²) in [5.41, 5.74) is 1.88. The van der Waals surface area contributed by atoms with E-state index in [0.717, 1.165) is 11.3 Å². The molecule has 1 unspecified atom stereocenters. The molecule has 1 nitrogen and oxygen atoms in total. The summed E-state index contributed by atoms with van der Waals surface area (Å²) in [4.78, 5) is 0. The maximum Gasteiger partial charge on any atom is 0.142 e. The zero-order chi connectivity index (χ0) is 13.1. The molecule has 0 aromatic heterocycles. The average Bonchev–Trinajstić information content (AvgIpc) is 2.35. The lowest BCUT2D eigenvalue weighted by Gasteiger charge is -2.16. The van der Waals surface area contributed by atoms with Crippen molar-refractivity contribution in [1.29, 1.82) is 0 Å². The molecule has 18 heavy (non-hydrogen) atoms. The minimum absolute atomic E-state index is 0.0248. The van der Waals surface area contributed by atoms with Crippen LogP contribution in [-0.4, -0.2) is 0 Å². The third-order valence-corrected chi connectivity index (χ3v) is 3.70. The lowest BCUT2D eigenvalue weighted by molar-refractivity contribution is 0.624. The van der Waals surface area contributed by atoms with Gasteiger partial charge in [-0.15, -0.1) is 0 Å². The zero-order valence-electron chi connectivity index (χ0n) is 9.75. The fourth-order valence-electron chi connectivity index (χ4n) is 1.66. The summed E-state index contributed by atoms with van der Waals surface area (Å²) in [6.45, 7) is 1.99. The molecule has 0 saturated carbocycles. The number of nitrogens with one attached hydrogen (secondary N) is 1. The Morgan fingerprint density at radius 3 is 2.44 bits per heavy atom. The summed E-state index contributed by atoms with van der Waals surface area (Å²) in [6, 6.07) is 13.0. The van der Waals surface area contributed by atoms with Gasteiger partial charge in [0.2, 0.25) is 0 Å². The molecule has 0 aliphatic heterocycles. The Morgan fingerprint density at radius 1 is 1.17 bits per heavy atom. The molecule has 4 heteroatoms. The van der Waals surface area contributed by atoms with E-state index in [1.165, 1.54) is 9.64 Å². The zero-order valence-corrected chi connectivity index (χ0v) is 12.7. The van der Waals surface area contributed by atoms with Crippen LogP contribution in [0, 0.1) is 9.39 Å². The number of benzene rings is 2. The molecular weight excluding hydrogens is 364 g/mol. The smallest absolute Gasteiger partial charge is 0.142 e. The van der Waals surface area contributed by atoms with E-state index in [1.54, 1.807) is 6.07 Å². The van der Waals surface area contributed by atoms with E-state index in [4.69, 9.17) is 11.6 Å². The van der Waals surface area contributed by atoms with Crippen molar-refractivity contribution in [3.8, 4) is 0 Å². The predicted octanol–water partition coefficient (Wildman–Crippen LogP) is 5.26. The van der Waals surface area contributed by atoms with E-state index in [2.05, 4.69) is 27.9 Å². The first kappa shape index (κ1) is 13.6. The first-order chi connectivity index (χ1) is 8.56. The van der Waals surface area contributed by atoms with Gasteiger partial charge in [-0.1, -0.05) is 17.7 Å². The quantitative estimate of drug-likeness (QED) is 0.722. The largest absolute Gasteiger partial charge is 0.379 e. The van der Waals surface area contributed by atoms with E-state index >= 15 is 0 Å². The minimum Gasteiger partial charge on any atom is -0.379 e. The van der Waals surface area contributed by atoms with Gasteiger partial charge < -0.3 is 5.32 Å². The monoisotopic (exact) mass is 375 g/mol. The van der Waals surface area contributed by atoms with Gasteiger partial charge in [-0.2, -0.15) is 0 Å². The summed E-state index contributed by atoms with van der Waals surface area (Å²) >= 11 is 7.92. The highest BCUT2D eigenvalue weighted by Gasteiger charge is 2.08. The van der Waals surface area contributed by atoms with Gasteiger partial charge in [-0.25, -0.2) is 4.39 Å². The standard InChI is InChI=1S/C14H12ClFIN/c1-9(10-2-7-13(15)14(16)8-10)18-12-5-3-11(17)4-6-12/h2-9,18H,1H3. The van der Waals surface area contributed by atoms with Crippen LogP contribution < -0.4 is 5.32 Å². The Balaban J connectivity index is 2.13. The molecule has 0 aliphatic rings. The topological polar surface area (TPSA) is 12.0 Å².